The van der Waals surface area contributed by atoms with Crippen molar-refractivity contribution in [2.45, 2.75) is 4.90 Å². The minimum Gasteiger partial charge on any atom is -0.290 e. The van der Waals surface area contributed by atoms with Crippen LogP contribution < -0.4 is 4.89 Å². The summed E-state index contributed by atoms with van der Waals surface area (Å²) in [5, 5.41) is 0. The molecule has 1 heterocycles. The Labute approximate surface area is 89.4 Å². The summed E-state index contributed by atoms with van der Waals surface area (Å²) in [5.74, 6) is 0. The predicted octanol–water partition coefficient (Wildman–Crippen LogP) is 1.89. The van der Waals surface area contributed by atoms with Crippen LogP contribution in [0.3, 0.4) is 0 Å². The van der Waals surface area contributed by atoms with Gasteiger partial charge in [0.25, 0.3) is 10.0 Å². The minimum atomic E-state index is -3.70. The summed E-state index contributed by atoms with van der Waals surface area (Å²) in [5.41, 5.74) is 0. The number of nitrogens with one attached hydrogen (secondary N) is 1. The molecule has 1 N–H and O–H groups in total. The van der Waals surface area contributed by atoms with E-state index in [2.05, 4.69) is 4.84 Å². The van der Waals surface area contributed by atoms with Crippen LogP contribution in [0.1, 0.15) is 0 Å². The quantitative estimate of drug-likeness (QED) is 0.846. The number of rotatable bonds is 3. The van der Waals surface area contributed by atoms with Crippen molar-refractivity contribution in [1.29, 1.82) is 0 Å². The first kappa shape index (κ1) is 11.2. The largest absolute Gasteiger partial charge is 0.290 e. The number of hydrogen-bond acceptors (Lipinski definition) is 4. The zero-order valence-electron chi connectivity index (χ0n) is 6.37. The second-order valence-corrected chi connectivity index (χ2v) is 5.88. The summed E-state index contributed by atoms with van der Waals surface area (Å²) in [6, 6.07) is 1.26. The lowest BCUT2D eigenvalue weighted by atomic mass is 10.7. The van der Waals surface area contributed by atoms with Gasteiger partial charge < -0.3 is 0 Å². The third-order valence-electron chi connectivity index (χ3n) is 1.11. The van der Waals surface area contributed by atoms with Gasteiger partial charge in [-0.05, 0) is 6.07 Å². The van der Waals surface area contributed by atoms with E-state index in [4.69, 9.17) is 23.2 Å². The van der Waals surface area contributed by atoms with Crippen LogP contribution in [0.5, 0.6) is 0 Å². The molecule has 8 heteroatoms. The van der Waals surface area contributed by atoms with Crippen LogP contribution in [0.4, 0.5) is 0 Å². The van der Waals surface area contributed by atoms with Crippen molar-refractivity contribution >= 4 is 44.6 Å². The Balaban J connectivity index is 3.14. The molecular formula is C5H5Cl2NO3S2. The van der Waals surface area contributed by atoms with Crippen LogP contribution in [-0.4, -0.2) is 15.5 Å². The molecule has 0 atom stereocenters. The first-order chi connectivity index (χ1) is 5.97. The van der Waals surface area contributed by atoms with Crippen molar-refractivity contribution in [2.24, 2.45) is 0 Å². The van der Waals surface area contributed by atoms with Gasteiger partial charge in [0.2, 0.25) is 0 Å². The first-order valence-electron chi connectivity index (χ1n) is 2.97. The SMILES string of the molecule is CONS(=O)(=O)c1cc(Cl)sc1Cl. The van der Waals surface area contributed by atoms with Crippen molar-refractivity contribution < 1.29 is 13.3 Å². The van der Waals surface area contributed by atoms with Gasteiger partial charge in [-0.2, -0.15) is 0 Å². The summed E-state index contributed by atoms with van der Waals surface area (Å²) in [6.07, 6.45) is 0. The van der Waals surface area contributed by atoms with Crippen LogP contribution >= 0.6 is 34.5 Å². The maximum atomic E-state index is 11.3. The lowest BCUT2D eigenvalue weighted by Crippen LogP contribution is -2.21. The summed E-state index contributed by atoms with van der Waals surface area (Å²) in [6.45, 7) is 0. The maximum Gasteiger partial charge on any atom is 0.264 e. The number of hydrogen-bond donors (Lipinski definition) is 1. The first-order valence-corrected chi connectivity index (χ1v) is 6.02. The predicted molar refractivity (Wildman–Crippen MR) is 51.7 cm³/mol. The highest BCUT2D eigenvalue weighted by molar-refractivity contribution is 7.89. The Morgan fingerprint density at radius 3 is 2.54 bits per heavy atom. The summed E-state index contributed by atoms with van der Waals surface area (Å²) in [7, 11) is -2.50. The standard InChI is InChI=1S/C5H5Cl2NO3S2/c1-11-8-13(9,10)3-2-4(6)12-5(3)7/h2,8H,1H3. The van der Waals surface area contributed by atoms with Crippen molar-refractivity contribution in [3.8, 4) is 0 Å². The van der Waals surface area contributed by atoms with E-state index in [9.17, 15) is 8.42 Å². The zero-order valence-corrected chi connectivity index (χ0v) is 9.52. The van der Waals surface area contributed by atoms with Crippen LogP contribution in [0.25, 0.3) is 0 Å². The molecule has 74 valence electrons. The number of sulfonamides is 1. The molecule has 0 saturated carbocycles. The Hall–Kier alpha value is 0.150. The highest BCUT2D eigenvalue weighted by Crippen LogP contribution is 2.33. The summed E-state index contributed by atoms with van der Waals surface area (Å²) >= 11 is 12.2. The molecule has 0 aliphatic heterocycles. The molecular weight excluding hydrogens is 257 g/mol. The molecule has 1 aromatic rings. The smallest absolute Gasteiger partial charge is 0.264 e. The average molecular weight is 262 g/mol. The van der Waals surface area contributed by atoms with Crippen LogP contribution in [0.15, 0.2) is 11.0 Å². The summed E-state index contributed by atoms with van der Waals surface area (Å²) in [4.78, 5) is 6.04. The van der Waals surface area contributed by atoms with Gasteiger partial charge in [0.15, 0.2) is 0 Å². The van der Waals surface area contributed by atoms with Gasteiger partial charge in [0.05, 0.1) is 11.4 Å². The van der Waals surface area contributed by atoms with Crippen molar-refractivity contribution in [3.63, 3.8) is 0 Å². The van der Waals surface area contributed by atoms with Gasteiger partial charge in [-0.25, -0.2) is 8.42 Å². The van der Waals surface area contributed by atoms with Crippen LogP contribution in [0.2, 0.25) is 8.67 Å². The molecule has 0 aliphatic rings. The number of halogens is 2. The number of thiophene rings is 1. The fourth-order valence-corrected chi connectivity index (χ4v) is 3.63. The van der Waals surface area contributed by atoms with Crippen molar-refractivity contribution in [3.05, 3.63) is 14.7 Å². The van der Waals surface area contributed by atoms with Gasteiger partial charge in [-0.3, -0.25) is 4.84 Å². The van der Waals surface area contributed by atoms with E-state index in [0.717, 1.165) is 11.3 Å². The maximum absolute atomic E-state index is 11.3. The van der Waals surface area contributed by atoms with Gasteiger partial charge in [-0.1, -0.05) is 28.1 Å². The Morgan fingerprint density at radius 2 is 2.15 bits per heavy atom. The van der Waals surface area contributed by atoms with E-state index in [1.165, 1.54) is 13.2 Å². The average Bonchev–Trinajstić information content (AvgIpc) is 2.30. The molecule has 0 unspecified atom stereocenters. The second kappa shape index (κ2) is 4.12. The lowest BCUT2D eigenvalue weighted by Gasteiger charge is -2.00. The van der Waals surface area contributed by atoms with Gasteiger partial charge in [0, 0.05) is 0 Å². The van der Waals surface area contributed by atoms with E-state index in [0.29, 0.717) is 4.34 Å². The highest BCUT2D eigenvalue weighted by Gasteiger charge is 2.20. The summed E-state index contributed by atoms with van der Waals surface area (Å²) < 4.78 is 23.0. The molecule has 0 radical (unpaired) electrons. The molecule has 0 aromatic carbocycles. The van der Waals surface area contributed by atoms with E-state index < -0.39 is 10.0 Å². The van der Waals surface area contributed by atoms with Crippen molar-refractivity contribution in [1.82, 2.24) is 4.89 Å². The molecule has 1 aromatic heterocycles. The van der Waals surface area contributed by atoms with E-state index in [-0.39, 0.29) is 9.23 Å². The fraction of sp³-hybridized carbons (Fsp3) is 0.200. The van der Waals surface area contributed by atoms with E-state index in [1.54, 1.807) is 0 Å². The molecule has 13 heavy (non-hydrogen) atoms. The molecule has 0 fully saturated rings. The van der Waals surface area contributed by atoms with E-state index in [1.807, 2.05) is 4.89 Å². The second-order valence-electron chi connectivity index (χ2n) is 1.98. The monoisotopic (exact) mass is 261 g/mol. The zero-order chi connectivity index (χ0) is 10.1. The molecule has 1 rings (SSSR count). The molecule has 0 amide bonds. The molecule has 0 spiro atoms. The third-order valence-corrected chi connectivity index (χ3v) is 4.12. The normalized spacial score (nSPS) is 11.9. The fourth-order valence-electron chi connectivity index (χ4n) is 0.663. The minimum absolute atomic E-state index is 0.0778. The molecule has 4 nitrogen and oxygen atoms in total. The van der Waals surface area contributed by atoms with E-state index >= 15 is 0 Å². The Kier molecular flexibility index (Phi) is 3.56. The molecule has 0 aliphatic carbocycles. The molecule has 0 bridgehead atoms. The van der Waals surface area contributed by atoms with Crippen molar-refractivity contribution in [2.75, 3.05) is 7.11 Å². The van der Waals surface area contributed by atoms with Gasteiger partial charge >= 0.3 is 0 Å². The Morgan fingerprint density at radius 1 is 1.54 bits per heavy atom. The van der Waals surface area contributed by atoms with Gasteiger partial charge in [0.1, 0.15) is 9.23 Å². The topological polar surface area (TPSA) is 55.4 Å². The molecule has 0 saturated heterocycles. The Bertz CT molecular complexity index is 400. The van der Waals surface area contributed by atoms with Crippen LogP contribution in [-0.2, 0) is 14.9 Å². The highest BCUT2D eigenvalue weighted by atomic mass is 35.5. The lowest BCUT2D eigenvalue weighted by molar-refractivity contribution is 0.153. The van der Waals surface area contributed by atoms with Gasteiger partial charge in [-0.15, -0.1) is 11.3 Å². The van der Waals surface area contributed by atoms with Crippen LogP contribution in [0, 0.1) is 0 Å². The third kappa shape index (κ3) is 2.55.